The van der Waals surface area contributed by atoms with Gasteiger partial charge in [0, 0.05) is 23.6 Å². The number of rotatable bonds is 8. The van der Waals surface area contributed by atoms with E-state index in [0.717, 1.165) is 60.3 Å². The van der Waals surface area contributed by atoms with E-state index in [1.807, 2.05) is 12.1 Å². The van der Waals surface area contributed by atoms with Crippen molar-refractivity contribution in [1.82, 2.24) is 9.97 Å². The molecule has 1 fully saturated rings. The van der Waals surface area contributed by atoms with Crippen LogP contribution in [0.15, 0.2) is 36.7 Å². The summed E-state index contributed by atoms with van der Waals surface area (Å²) < 4.78 is 31.8. The topological polar surface area (TPSA) is 65.5 Å². The van der Waals surface area contributed by atoms with Gasteiger partial charge in [-0.15, -0.1) is 0 Å². The van der Waals surface area contributed by atoms with E-state index in [2.05, 4.69) is 22.3 Å². The summed E-state index contributed by atoms with van der Waals surface area (Å²) in [5.41, 5.74) is 2.05. The Morgan fingerprint density at radius 2 is 1.94 bits per heavy atom. The molecule has 1 N–H and O–H groups in total. The highest BCUT2D eigenvalue weighted by molar-refractivity contribution is 5.93. The van der Waals surface area contributed by atoms with Gasteiger partial charge in [0.25, 0.3) is 0 Å². The maximum absolute atomic E-state index is 13.6. The number of ether oxygens (including phenoxy) is 3. The minimum Gasteiger partial charge on any atom is -0.493 e. The predicted molar refractivity (Wildman–Crippen MR) is 122 cm³/mol. The third-order valence-electron chi connectivity index (χ3n) is 5.99. The number of aromatic nitrogens is 2. The fourth-order valence-corrected chi connectivity index (χ4v) is 3.93. The maximum atomic E-state index is 13.6. The first-order chi connectivity index (χ1) is 15.5. The zero-order valence-corrected chi connectivity index (χ0v) is 18.9. The van der Waals surface area contributed by atoms with Crippen LogP contribution in [0.25, 0.3) is 10.9 Å². The molecule has 3 aromatic rings. The highest BCUT2D eigenvalue weighted by Gasteiger charge is 2.24. The van der Waals surface area contributed by atoms with Gasteiger partial charge in [-0.1, -0.05) is 0 Å². The van der Waals surface area contributed by atoms with Crippen LogP contribution in [0.4, 0.5) is 15.9 Å². The highest BCUT2D eigenvalue weighted by atomic mass is 19.1. The van der Waals surface area contributed by atoms with Crippen LogP contribution in [0, 0.1) is 12.7 Å². The predicted octanol–water partition coefficient (Wildman–Crippen LogP) is 4.08. The number of halogens is 1. The molecule has 8 heteroatoms. The number of methoxy groups -OCH3 is 1. The van der Waals surface area contributed by atoms with Gasteiger partial charge in [-0.2, -0.15) is 0 Å². The lowest BCUT2D eigenvalue weighted by atomic mass is 10.2. The third kappa shape index (κ3) is 5.08. The number of quaternary nitrogens is 1. The van der Waals surface area contributed by atoms with Gasteiger partial charge in [0.15, 0.2) is 11.5 Å². The minimum absolute atomic E-state index is 0.239. The van der Waals surface area contributed by atoms with Crippen LogP contribution in [0.3, 0.4) is 0 Å². The fraction of sp³-hybridized carbons (Fsp3) is 0.417. The number of hydrogen-bond donors (Lipinski definition) is 1. The van der Waals surface area contributed by atoms with E-state index in [4.69, 9.17) is 14.2 Å². The van der Waals surface area contributed by atoms with Gasteiger partial charge in [0.2, 0.25) is 0 Å². The number of anilines is 2. The first-order valence-electron chi connectivity index (χ1n) is 10.9. The van der Waals surface area contributed by atoms with Crippen molar-refractivity contribution in [2.24, 2.45) is 0 Å². The van der Waals surface area contributed by atoms with Crippen molar-refractivity contribution >= 4 is 22.4 Å². The number of aryl methyl sites for hydroxylation is 1. The molecule has 32 heavy (non-hydrogen) atoms. The van der Waals surface area contributed by atoms with E-state index in [1.165, 1.54) is 12.4 Å². The summed E-state index contributed by atoms with van der Waals surface area (Å²) in [6, 6.07) is 8.63. The molecule has 0 bridgehead atoms. The first-order valence-corrected chi connectivity index (χ1v) is 10.9. The average molecular weight is 442 g/mol. The zero-order valence-electron chi connectivity index (χ0n) is 18.9. The summed E-state index contributed by atoms with van der Waals surface area (Å²) in [5.74, 6) is 1.67. The molecule has 7 nitrogen and oxygen atoms in total. The van der Waals surface area contributed by atoms with Gasteiger partial charge >= 0.3 is 0 Å². The van der Waals surface area contributed by atoms with Crippen molar-refractivity contribution in [3.63, 3.8) is 0 Å². The lowest BCUT2D eigenvalue weighted by Crippen LogP contribution is -2.52. The Morgan fingerprint density at radius 1 is 1.12 bits per heavy atom. The molecule has 1 aliphatic heterocycles. The largest absolute Gasteiger partial charge is 0.493 e. The number of nitrogens with one attached hydrogen (secondary N) is 1. The Kier molecular flexibility index (Phi) is 6.72. The van der Waals surface area contributed by atoms with Crippen molar-refractivity contribution in [3.8, 4) is 11.5 Å². The Balaban J connectivity index is 1.51. The summed E-state index contributed by atoms with van der Waals surface area (Å²) in [6.07, 6.45) is 2.43. The van der Waals surface area contributed by atoms with Crippen LogP contribution in [-0.2, 0) is 4.74 Å². The molecule has 0 saturated carbocycles. The smallest absolute Gasteiger partial charge is 0.162 e. The van der Waals surface area contributed by atoms with Crippen molar-refractivity contribution in [3.05, 3.63) is 48.0 Å². The highest BCUT2D eigenvalue weighted by Crippen LogP contribution is 2.35. The quantitative estimate of drug-likeness (QED) is 0.420. The van der Waals surface area contributed by atoms with Crippen molar-refractivity contribution in [2.75, 3.05) is 58.9 Å². The van der Waals surface area contributed by atoms with Crippen LogP contribution in [-0.4, -0.2) is 68.1 Å². The molecule has 0 radical (unpaired) electrons. The van der Waals surface area contributed by atoms with Gasteiger partial charge < -0.3 is 24.0 Å². The Bertz CT molecular complexity index is 1090. The Morgan fingerprint density at radius 3 is 2.69 bits per heavy atom. The van der Waals surface area contributed by atoms with Crippen LogP contribution in [0.5, 0.6) is 11.5 Å². The number of likely N-dealkylation sites (N-methyl/N-ethyl adjacent to an activating group) is 1. The van der Waals surface area contributed by atoms with Crippen LogP contribution in [0.1, 0.15) is 12.0 Å². The number of fused-ring (bicyclic) bond motifs is 1. The van der Waals surface area contributed by atoms with Crippen molar-refractivity contribution in [2.45, 2.75) is 13.3 Å². The van der Waals surface area contributed by atoms with E-state index in [1.54, 1.807) is 26.2 Å². The van der Waals surface area contributed by atoms with E-state index in [0.29, 0.717) is 29.5 Å². The second-order valence-electron chi connectivity index (χ2n) is 8.44. The molecule has 4 rings (SSSR count). The van der Waals surface area contributed by atoms with E-state index in [-0.39, 0.29) is 5.82 Å². The van der Waals surface area contributed by atoms with Gasteiger partial charge in [0.05, 0.1) is 46.0 Å². The van der Waals surface area contributed by atoms with E-state index < -0.39 is 0 Å². The number of nitrogens with zero attached hydrogens (tertiary/aromatic N) is 3. The molecule has 0 atom stereocenters. The van der Waals surface area contributed by atoms with E-state index in [9.17, 15) is 4.39 Å². The lowest BCUT2D eigenvalue weighted by molar-refractivity contribution is -0.917. The number of hydrogen-bond acceptors (Lipinski definition) is 6. The molecular formula is C24H30FN4O3+. The first kappa shape index (κ1) is 22.2. The second kappa shape index (κ2) is 9.67. The van der Waals surface area contributed by atoms with Crippen LogP contribution in [0.2, 0.25) is 0 Å². The Labute approximate surface area is 187 Å². The monoisotopic (exact) mass is 441 g/mol. The molecular weight excluding hydrogens is 411 g/mol. The lowest BCUT2D eigenvalue weighted by Gasteiger charge is -2.37. The van der Waals surface area contributed by atoms with Crippen molar-refractivity contribution < 1.29 is 23.1 Å². The molecule has 1 aromatic heterocycles. The molecule has 0 aliphatic carbocycles. The number of morpholine rings is 1. The average Bonchev–Trinajstić information content (AvgIpc) is 2.79. The minimum atomic E-state index is -0.239. The molecule has 0 amide bonds. The fourth-order valence-electron chi connectivity index (χ4n) is 3.93. The van der Waals surface area contributed by atoms with Gasteiger partial charge in [-0.3, -0.25) is 0 Å². The van der Waals surface area contributed by atoms with Gasteiger partial charge in [-0.25, -0.2) is 14.4 Å². The summed E-state index contributed by atoms with van der Waals surface area (Å²) in [5, 5.41) is 4.07. The molecule has 1 saturated heterocycles. The van der Waals surface area contributed by atoms with Gasteiger partial charge in [0.1, 0.15) is 31.1 Å². The molecule has 1 aliphatic rings. The van der Waals surface area contributed by atoms with Crippen LogP contribution < -0.4 is 14.8 Å². The van der Waals surface area contributed by atoms with E-state index >= 15 is 0 Å². The summed E-state index contributed by atoms with van der Waals surface area (Å²) in [6.45, 7) is 7.07. The second-order valence-corrected chi connectivity index (χ2v) is 8.44. The van der Waals surface area contributed by atoms with Gasteiger partial charge in [-0.05, 0) is 36.8 Å². The SMILES string of the molecule is COc1cc2ncnc(Nc3ccc(F)c(C)c3)c2cc1OCCC[N+]1(C)CCOCC1. The molecule has 2 heterocycles. The summed E-state index contributed by atoms with van der Waals surface area (Å²) >= 11 is 0. The third-order valence-corrected chi connectivity index (χ3v) is 5.99. The van der Waals surface area contributed by atoms with Crippen molar-refractivity contribution in [1.29, 1.82) is 0 Å². The Hall–Kier alpha value is -2.97. The normalized spacial score (nSPS) is 15.5. The van der Waals surface area contributed by atoms with Crippen LogP contribution >= 0.6 is 0 Å². The molecule has 0 unspecified atom stereocenters. The molecule has 0 spiro atoms. The molecule has 170 valence electrons. The summed E-state index contributed by atoms with van der Waals surface area (Å²) in [7, 11) is 3.89. The summed E-state index contributed by atoms with van der Waals surface area (Å²) in [4.78, 5) is 8.76. The maximum Gasteiger partial charge on any atom is 0.162 e. The standard InChI is InChI=1S/C24H30FN4O3/c1-17-13-18(5-6-20(17)25)28-24-19-14-23(22(30-3)15-21(19)26-16-27-24)32-10-4-7-29(2)8-11-31-12-9-29/h5-6,13-16H,4,7-12H2,1-3H3,(H,26,27,28)/q+1. The molecule has 2 aromatic carbocycles. The number of benzene rings is 2. The zero-order chi connectivity index (χ0) is 22.6.